The number of amides is 2. The van der Waals surface area contributed by atoms with Crippen molar-refractivity contribution >= 4 is 29.2 Å². The summed E-state index contributed by atoms with van der Waals surface area (Å²) < 4.78 is 10.6. The van der Waals surface area contributed by atoms with E-state index >= 15 is 0 Å². The van der Waals surface area contributed by atoms with Gasteiger partial charge in [-0.25, -0.2) is 0 Å². The summed E-state index contributed by atoms with van der Waals surface area (Å²) in [5, 5.41) is 2.78. The van der Waals surface area contributed by atoms with Crippen LogP contribution in [0.4, 0.5) is 11.4 Å². The van der Waals surface area contributed by atoms with Gasteiger partial charge in [0, 0.05) is 24.3 Å². The Hall–Kier alpha value is -3.35. The fraction of sp³-hybridized carbons (Fsp3) is 0.348. The Balaban J connectivity index is 1.53. The number of esters is 1. The molecule has 30 heavy (non-hydrogen) atoms. The van der Waals surface area contributed by atoms with Gasteiger partial charge in [0.1, 0.15) is 5.75 Å². The van der Waals surface area contributed by atoms with Gasteiger partial charge < -0.3 is 19.7 Å². The van der Waals surface area contributed by atoms with Gasteiger partial charge in [0.05, 0.1) is 12.5 Å². The summed E-state index contributed by atoms with van der Waals surface area (Å²) in [6, 6.07) is 12.9. The first-order chi connectivity index (χ1) is 14.4. The molecule has 1 saturated heterocycles. The van der Waals surface area contributed by atoms with E-state index in [0.717, 1.165) is 22.6 Å². The average molecular weight is 410 g/mol. The van der Waals surface area contributed by atoms with Crippen molar-refractivity contribution in [2.45, 2.75) is 27.2 Å². The van der Waals surface area contributed by atoms with Crippen LogP contribution in [0.1, 0.15) is 24.5 Å². The van der Waals surface area contributed by atoms with Crippen molar-refractivity contribution in [3.8, 4) is 5.75 Å². The Kier molecular flexibility index (Phi) is 6.72. The molecule has 7 heteroatoms. The van der Waals surface area contributed by atoms with E-state index in [4.69, 9.17) is 9.47 Å². The maximum atomic E-state index is 12.4. The van der Waals surface area contributed by atoms with Gasteiger partial charge in [0.2, 0.25) is 5.91 Å². The minimum Gasteiger partial charge on any atom is -0.494 e. The molecule has 2 aromatic carbocycles. The standard InChI is InChI=1S/C23H26N2O5/c1-4-29-19-10-8-18(9-11-19)25-13-17(12-21(25)27)23(28)30-14-20(26)24-22-15(2)6-5-7-16(22)3/h5-11,17H,4,12-14H2,1-3H3,(H,24,26)/t17-/m1/s1. The first-order valence-corrected chi connectivity index (χ1v) is 9.95. The molecule has 1 heterocycles. The van der Waals surface area contributed by atoms with Gasteiger partial charge in [0.15, 0.2) is 6.61 Å². The number of carbonyl (C=O) groups is 3. The van der Waals surface area contributed by atoms with E-state index in [-0.39, 0.29) is 25.5 Å². The van der Waals surface area contributed by atoms with Crippen LogP contribution in [-0.2, 0) is 19.1 Å². The number of nitrogens with zero attached hydrogens (tertiary/aromatic N) is 1. The molecule has 3 rings (SSSR count). The van der Waals surface area contributed by atoms with Crippen molar-refractivity contribution < 1.29 is 23.9 Å². The van der Waals surface area contributed by atoms with Crippen LogP contribution in [0.2, 0.25) is 0 Å². The third-order valence-electron chi connectivity index (χ3n) is 5.01. The Labute approximate surface area is 176 Å². The molecule has 0 saturated carbocycles. The summed E-state index contributed by atoms with van der Waals surface area (Å²) in [6.45, 7) is 6.09. The summed E-state index contributed by atoms with van der Waals surface area (Å²) in [7, 11) is 0. The van der Waals surface area contributed by atoms with E-state index in [0.29, 0.717) is 12.3 Å². The fourth-order valence-electron chi connectivity index (χ4n) is 3.45. The second-order valence-corrected chi connectivity index (χ2v) is 7.26. The van der Waals surface area contributed by atoms with Crippen LogP contribution in [0.5, 0.6) is 5.75 Å². The number of nitrogens with one attached hydrogen (secondary N) is 1. The molecule has 2 aromatic rings. The lowest BCUT2D eigenvalue weighted by molar-refractivity contribution is -0.151. The molecule has 0 aromatic heterocycles. The summed E-state index contributed by atoms with van der Waals surface area (Å²) in [4.78, 5) is 38.5. The van der Waals surface area contributed by atoms with Crippen molar-refractivity contribution in [1.82, 2.24) is 0 Å². The van der Waals surface area contributed by atoms with Gasteiger partial charge in [-0.05, 0) is 56.2 Å². The highest BCUT2D eigenvalue weighted by atomic mass is 16.5. The quantitative estimate of drug-likeness (QED) is 0.709. The normalized spacial score (nSPS) is 15.8. The van der Waals surface area contributed by atoms with Crippen molar-refractivity contribution in [2.24, 2.45) is 5.92 Å². The third-order valence-corrected chi connectivity index (χ3v) is 5.01. The third kappa shape index (κ3) is 4.97. The maximum absolute atomic E-state index is 12.4. The molecule has 7 nitrogen and oxygen atoms in total. The minimum absolute atomic E-state index is 0.0601. The molecule has 1 aliphatic heterocycles. The number of para-hydroxylation sites is 1. The predicted molar refractivity (Wildman–Crippen MR) is 114 cm³/mol. The fourth-order valence-corrected chi connectivity index (χ4v) is 3.45. The van der Waals surface area contributed by atoms with Crippen LogP contribution in [-0.4, -0.2) is 37.5 Å². The number of anilines is 2. The largest absolute Gasteiger partial charge is 0.494 e. The monoisotopic (exact) mass is 410 g/mol. The van der Waals surface area contributed by atoms with Gasteiger partial charge >= 0.3 is 5.97 Å². The minimum atomic E-state index is -0.600. The first-order valence-electron chi connectivity index (χ1n) is 9.95. The van der Waals surface area contributed by atoms with E-state index in [1.807, 2.05) is 39.0 Å². The van der Waals surface area contributed by atoms with Gasteiger partial charge in [-0.3, -0.25) is 14.4 Å². The van der Waals surface area contributed by atoms with E-state index in [1.165, 1.54) is 0 Å². The van der Waals surface area contributed by atoms with Crippen molar-refractivity contribution in [3.63, 3.8) is 0 Å². The van der Waals surface area contributed by atoms with E-state index in [2.05, 4.69) is 5.32 Å². The Bertz CT molecular complexity index is 919. The number of carbonyl (C=O) groups excluding carboxylic acids is 3. The maximum Gasteiger partial charge on any atom is 0.311 e. The van der Waals surface area contributed by atoms with Crippen LogP contribution < -0.4 is 15.0 Å². The van der Waals surface area contributed by atoms with E-state index < -0.39 is 17.8 Å². The first kappa shape index (κ1) is 21.4. The van der Waals surface area contributed by atoms with Crippen molar-refractivity contribution in [1.29, 1.82) is 0 Å². The number of hydrogen-bond donors (Lipinski definition) is 1. The lowest BCUT2D eigenvalue weighted by atomic mass is 10.1. The molecule has 0 spiro atoms. The number of ether oxygens (including phenoxy) is 2. The van der Waals surface area contributed by atoms with Crippen LogP contribution in [0, 0.1) is 19.8 Å². The highest BCUT2D eigenvalue weighted by Crippen LogP contribution is 2.27. The van der Waals surface area contributed by atoms with Gasteiger partial charge in [-0.15, -0.1) is 0 Å². The smallest absolute Gasteiger partial charge is 0.311 e. The number of hydrogen-bond acceptors (Lipinski definition) is 5. The molecule has 158 valence electrons. The van der Waals surface area contributed by atoms with Gasteiger partial charge in [0.25, 0.3) is 5.91 Å². The molecule has 1 atom stereocenters. The van der Waals surface area contributed by atoms with Crippen molar-refractivity contribution in [3.05, 3.63) is 53.6 Å². The molecule has 0 unspecified atom stereocenters. The second kappa shape index (κ2) is 9.43. The zero-order valence-electron chi connectivity index (χ0n) is 17.4. The van der Waals surface area contributed by atoms with Crippen LogP contribution >= 0.6 is 0 Å². The molecule has 0 bridgehead atoms. The summed E-state index contributed by atoms with van der Waals surface area (Å²) in [5.74, 6) is -0.987. The molecular weight excluding hydrogens is 384 g/mol. The van der Waals surface area contributed by atoms with Crippen LogP contribution in [0.3, 0.4) is 0 Å². The predicted octanol–water partition coefficient (Wildman–Crippen LogP) is 3.24. The zero-order valence-corrected chi connectivity index (χ0v) is 17.4. The topological polar surface area (TPSA) is 84.9 Å². The number of benzene rings is 2. The SMILES string of the molecule is CCOc1ccc(N2C[C@H](C(=O)OCC(=O)Nc3c(C)cccc3C)CC2=O)cc1. The van der Waals surface area contributed by atoms with Crippen molar-refractivity contribution in [2.75, 3.05) is 30.0 Å². The molecule has 1 fully saturated rings. The lowest BCUT2D eigenvalue weighted by Crippen LogP contribution is -2.28. The van der Waals surface area contributed by atoms with Crippen LogP contribution in [0.15, 0.2) is 42.5 Å². The van der Waals surface area contributed by atoms with Gasteiger partial charge in [-0.2, -0.15) is 0 Å². The summed E-state index contributed by atoms with van der Waals surface area (Å²) in [6.07, 6.45) is 0.0601. The molecule has 1 aliphatic rings. The van der Waals surface area contributed by atoms with E-state index in [9.17, 15) is 14.4 Å². The summed E-state index contributed by atoms with van der Waals surface area (Å²) >= 11 is 0. The molecule has 2 amide bonds. The van der Waals surface area contributed by atoms with Crippen LogP contribution in [0.25, 0.3) is 0 Å². The highest BCUT2D eigenvalue weighted by Gasteiger charge is 2.36. The Morgan fingerprint density at radius 3 is 2.40 bits per heavy atom. The molecule has 0 radical (unpaired) electrons. The molecular formula is C23H26N2O5. The zero-order chi connectivity index (χ0) is 21.7. The second-order valence-electron chi connectivity index (χ2n) is 7.26. The number of rotatable bonds is 7. The van der Waals surface area contributed by atoms with Gasteiger partial charge in [-0.1, -0.05) is 18.2 Å². The molecule has 1 N–H and O–H groups in total. The summed E-state index contributed by atoms with van der Waals surface area (Å²) in [5.41, 5.74) is 3.28. The number of aryl methyl sites for hydroxylation is 2. The Morgan fingerprint density at radius 2 is 1.77 bits per heavy atom. The van der Waals surface area contributed by atoms with E-state index in [1.54, 1.807) is 29.2 Å². The lowest BCUT2D eigenvalue weighted by Gasteiger charge is -2.17. The molecule has 0 aliphatic carbocycles. The highest BCUT2D eigenvalue weighted by molar-refractivity contribution is 6.00. The Morgan fingerprint density at radius 1 is 1.10 bits per heavy atom. The average Bonchev–Trinajstić information content (AvgIpc) is 3.11.